The van der Waals surface area contributed by atoms with Crippen LogP contribution in [-0.4, -0.2) is 26.2 Å². The summed E-state index contributed by atoms with van der Waals surface area (Å²) < 4.78 is 5.15. The summed E-state index contributed by atoms with van der Waals surface area (Å²) in [5, 5.41) is 0. The van der Waals surface area contributed by atoms with E-state index in [2.05, 4.69) is 4.99 Å². The van der Waals surface area contributed by atoms with Crippen LogP contribution < -0.4 is 15.4 Å². The van der Waals surface area contributed by atoms with Crippen LogP contribution in [0.4, 0.5) is 5.69 Å². The summed E-state index contributed by atoms with van der Waals surface area (Å²) in [6.45, 7) is 0. The molecule has 0 heterocycles. The second-order valence-electron chi connectivity index (χ2n) is 5.04. The Hall–Kier alpha value is -1.71. The average molecular weight is 261 g/mol. The molecule has 0 atom stereocenters. The first-order valence-electron chi connectivity index (χ1n) is 6.92. The highest BCUT2D eigenvalue weighted by molar-refractivity contribution is 5.94. The Bertz CT molecular complexity index is 422. The maximum Gasteiger partial charge on any atom is 0.195 e. The molecule has 0 bridgehead atoms. The van der Waals surface area contributed by atoms with E-state index in [9.17, 15) is 0 Å². The molecule has 0 spiro atoms. The van der Waals surface area contributed by atoms with E-state index in [-0.39, 0.29) is 0 Å². The molecule has 104 valence electrons. The van der Waals surface area contributed by atoms with Crippen molar-refractivity contribution in [3.05, 3.63) is 24.3 Å². The number of methoxy groups -OCH3 is 1. The fourth-order valence-corrected chi connectivity index (χ4v) is 2.42. The summed E-state index contributed by atoms with van der Waals surface area (Å²) >= 11 is 0. The maximum absolute atomic E-state index is 6.10. The van der Waals surface area contributed by atoms with Crippen LogP contribution in [0.25, 0.3) is 0 Å². The molecule has 4 heteroatoms. The molecule has 0 saturated heterocycles. The van der Waals surface area contributed by atoms with Crippen LogP contribution in [0, 0.1) is 0 Å². The molecule has 1 aromatic carbocycles. The van der Waals surface area contributed by atoms with Gasteiger partial charge in [0.15, 0.2) is 5.96 Å². The van der Waals surface area contributed by atoms with Crippen LogP contribution in [-0.2, 0) is 0 Å². The first-order valence-corrected chi connectivity index (χ1v) is 6.92. The van der Waals surface area contributed by atoms with Crippen molar-refractivity contribution in [3.63, 3.8) is 0 Å². The van der Waals surface area contributed by atoms with Gasteiger partial charge in [-0.25, -0.2) is 4.99 Å². The van der Waals surface area contributed by atoms with Crippen molar-refractivity contribution in [2.75, 3.05) is 19.1 Å². The fraction of sp³-hybridized carbons (Fsp3) is 0.533. The zero-order valence-corrected chi connectivity index (χ0v) is 11.8. The number of anilines is 1. The molecule has 1 saturated carbocycles. The predicted molar refractivity (Wildman–Crippen MR) is 79.9 cm³/mol. The lowest BCUT2D eigenvalue weighted by atomic mass is 9.96. The van der Waals surface area contributed by atoms with Gasteiger partial charge in [-0.3, -0.25) is 0 Å². The molecule has 1 fully saturated rings. The number of ether oxygens (including phenoxy) is 1. The first kappa shape index (κ1) is 13.7. The summed E-state index contributed by atoms with van der Waals surface area (Å²) in [4.78, 5) is 6.57. The van der Waals surface area contributed by atoms with Crippen molar-refractivity contribution in [1.82, 2.24) is 0 Å². The van der Waals surface area contributed by atoms with Crippen LogP contribution in [0.1, 0.15) is 32.1 Å². The molecule has 1 aliphatic rings. The highest BCUT2D eigenvalue weighted by Crippen LogP contribution is 2.21. The minimum atomic E-state index is 0.398. The smallest absolute Gasteiger partial charge is 0.195 e. The van der Waals surface area contributed by atoms with Crippen LogP contribution in [0.2, 0.25) is 0 Å². The number of nitrogens with zero attached hydrogens (tertiary/aromatic N) is 2. The van der Waals surface area contributed by atoms with Gasteiger partial charge in [-0.05, 0) is 37.1 Å². The minimum absolute atomic E-state index is 0.398. The second-order valence-corrected chi connectivity index (χ2v) is 5.04. The lowest BCUT2D eigenvalue weighted by Gasteiger charge is -2.23. The summed E-state index contributed by atoms with van der Waals surface area (Å²) in [5.41, 5.74) is 7.12. The quantitative estimate of drug-likeness (QED) is 0.672. The molecule has 2 rings (SSSR count). The van der Waals surface area contributed by atoms with Gasteiger partial charge in [-0.1, -0.05) is 19.3 Å². The topological polar surface area (TPSA) is 50.9 Å². The molecule has 1 aliphatic carbocycles. The Morgan fingerprint density at radius 1 is 1.21 bits per heavy atom. The number of guanidine groups is 1. The zero-order chi connectivity index (χ0) is 13.7. The largest absolute Gasteiger partial charge is 0.497 e. The molecular weight excluding hydrogens is 238 g/mol. The lowest BCUT2D eigenvalue weighted by molar-refractivity contribution is 0.415. The lowest BCUT2D eigenvalue weighted by Crippen LogP contribution is -2.35. The Kier molecular flexibility index (Phi) is 4.66. The molecule has 0 aliphatic heterocycles. The summed E-state index contributed by atoms with van der Waals surface area (Å²) in [5.74, 6) is 1.44. The standard InChI is InChI=1S/C15H23N3O/c1-18(13-8-10-14(19-2)11-9-13)15(16)17-12-6-4-3-5-7-12/h8-12H,3-7H2,1-2H3,(H2,16,17). The van der Waals surface area contributed by atoms with E-state index in [0.717, 1.165) is 24.3 Å². The molecule has 2 N–H and O–H groups in total. The minimum Gasteiger partial charge on any atom is -0.497 e. The summed E-state index contributed by atoms with van der Waals surface area (Å²) in [7, 11) is 3.61. The molecule has 0 aromatic heterocycles. The van der Waals surface area contributed by atoms with Crippen LogP contribution >= 0.6 is 0 Å². The van der Waals surface area contributed by atoms with Crippen LogP contribution in [0.3, 0.4) is 0 Å². The third kappa shape index (κ3) is 3.63. The molecule has 4 nitrogen and oxygen atoms in total. The van der Waals surface area contributed by atoms with E-state index in [1.807, 2.05) is 36.2 Å². The third-order valence-electron chi connectivity index (χ3n) is 3.69. The Morgan fingerprint density at radius 2 is 1.84 bits per heavy atom. The fourth-order valence-electron chi connectivity index (χ4n) is 2.42. The van der Waals surface area contributed by atoms with Gasteiger partial charge in [0.25, 0.3) is 0 Å². The molecule has 0 radical (unpaired) electrons. The molecule has 0 amide bonds. The molecule has 0 unspecified atom stereocenters. The van der Waals surface area contributed by atoms with E-state index in [1.54, 1.807) is 7.11 Å². The molecule has 1 aromatic rings. The van der Waals surface area contributed by atoms with Gasteiger partial charge in [-0.2, -0.15) is 0 Å². The monoisotopic (exact) mass is 261 g/mol. The number of hydrogen-bond acceptors (Lipinski definition) is 2. The van der Waals surface area contributed by atoms with Gasteiger partial charge in [0, 0.05) is 12.7 Å². The Balaban J connectivity index is 2.04. The van der Waals surface area contributed by atoms with E-state index >= 15 is 0 Å². The first-order chi connectivity index (χ1) is 9.20. The zero-order valence-electron chi connectivity index (χ0n) is 11.8. The predicted octanol–water partition coefficient (Wildman–Crippen LogP) is 2.78. The van der Waals surface area contributed by atoms with Crippen molar-refractivity contribution < 1.29 is 4.74 Å². The van der Waals surface area contributed by atoms with Crippen molar-refractivity contribution in [3.8, 4) is 5.75 Å². The van der Waals surface area contributed by atoms with Gasteiger partial charge in [0.05, 0.1) is 13.2 Å². The van der Waals surface area contributed by atoms with Crippen molar-refractivity contribution >= 4 is 11.6 Å². The third-order valence-corrected chi connectivity index (χ3v) is 3.69. The number of rotatable bonds is 3. The van der Waals surface area contributed by atoms with Gasteiger partial charge in [0.2, 0.25) is 0 Å². The maximum atomic E-state index is 6.10. The molecular formula is C15H23N3O. The van der Waals surface area contributed by atoms with Crippen molar-refractivity contribution in [1.29, 1.82) is 0 Å². The summed E-state index contributed by atoms with van der Waals surface area (Å²) in [6.07, 6.45) is 6.20. The van der Waals surface area contributed by atoms with Crippen molar-refractivity contribution in [2.45, 2.75) is 38.1 Å². The number of benzene rings is 1. The normalized spacial score (nSPS) is 17.3. The SMILES string of the molecule is COc1ccc(N(C)C(N)=NC2CCCCC2)cc1. The molecule has 19 heavy (non-hydrogen) atoms. The van der Waals surface area contributed by atoms with E-state index in [0.29, 0.717) is 12.0 Å². The highest BCUT2D eigenvalue weighted by Gasteiger charge is 2.14. The average Bonchev–Trinajstić information content (AvgIpc) is 2.47. The summed E-state index contributed by atoms with van der Waals surface area (Å²) in [6, 6.07) is 8.23. The van der Waals surface area contributed by atoms with E-state index < -0.39 is 0 Å². The second kappa shape index (κ2) is 6.45. The number of hydrogen-bond donors (Lipinski definition) is 1. The van der Waals surface area contributed by atoms with Crippen molar-refractivity contribution in [2.24, 2.45) is 10.7 Å². The van der Waals surface area contributed by atoms with Crippen LogP contribution in [0.5, 0.6) is 5.75 Å². The Labute approximate surface area is 115 Å². The highest BCUT2D eigenvalue weighted by atomic mass is 16.5. The van der Waals surface area contributed by atoms with Gasteiger partial charge in [-0.15, -0.1) is 0 Å². The van der Waals surface area contributed by atoms with Gasteiger partial charge >= 0.3 is 0 Å². The van der Waals surface area contributed by atoms with Gasteiger partial charge < -0.3 is 15.4 Å². The van der Waals surface area contributed by atoms with Gasteiger partial charge in [0.1, 0.15) is 5.75 Å². The number of aliphatic imine (C=N–C) groups is 1. The van der Waals surface area contributed by atoms with Crippen LogP contribution in [0.15, 0.2) is 29.3 Å². The van der Waals surface area contributed by atoms with E-state index in [1.165, 1.54) is 19.3 Å². The van der Waals surface area contributed by atoms with E-state index in [4.69, 9.17) is 10.5 Å². The number of nitrogens with two attached hydrogens (primary N) is 1. The Morgan fingerprint density at radius 3 is 2.42 bits per heavy atom.